The van der Waals surface area contributed by atoms with Crippen molar-refractivity contribution >= 4 is 11.7 Å². The summed E-state index contributed by atoms with van der Waals surface area (Å²) in [5.41, 5.74) is 5.79. The number of anilines is 1. The second-order valence-corrected chi connectivity index (χ2v) is 4.82. The van der Waals surface area contributed by atoms with E-state index in [1.165, 1.54) is 12.4 Å². The highest BCUT2D eigenvalue weighted by atomic mass is 16.1. The lowest BCUT2D eigenvalue weighted by Gasteiger charge is -2.19. The first kappa shape index (κ1) is 11.8. The molecule has 1 aromatic heterocycles. The van der Waals surface area contributed by atoms with Crippen molar-refractivity contribution in [3.05, 3.63) is 18.1 Å². The zero-order valence-electron chi connectivity index (χ0n) is 10.2. The van der Waals surface area contributed by atoms with E-state index in [9.17, 15) is 4.79 Å². The Morgan fingerprint density at radius 2 is 2.18 bits per heavy atom. The van der Waals surface area contributed by atoms with Gasteiger partial charge in [-0.25, -0.2) is 4.98 Å². The number of nitrogens with two attached hydrogens (primary N) is 1. The van der Waals surface area contributed by atoms with Crippen LogP contribution in [0.3, 0.4) is 0 Å². The van der Waals surface area contributed by atoms with Crippen LogP contribution in [0.25, 0.3) is 0 Å². The van der Waals surface area contributed by atoms with Gasteiger partial charge in [0.05, 0.1) is 12.4 Å². The van der Waals surface area contributed by atoms with Crippen LogP contribution in [-0.4, -0.2) is 21.9 Å². The summed E-state index contributed by atoms with van der Waals surface area (Å²) in [6.07, 6.45) is 5.06. The maximum absolute atomic E-state index is 11.9. The fraction of sp³-hybridized carbons (Fsp3) is 0.583. The zero-order chi connectivity index (χ0) is 12.4. The fourth-order valence-electron chi connectivity index (χ4n) is 2.30. The third-order valence-electron chi connectivity index (χ3n) is 3.67. The molecule has 3 atom stereocenters. The van der Waals surface area contributed by atoms with E-state index >= 15 is 0 Å². The highest BCUT2D eigenvalue weighted by Gasteiger charge is 2.31. The monoisotopic (exact) mass is 234 g/mol. The first-order chi connectivity index (χ1) is 8.08. The smallest absolute Gasteiger partial charge is 0.271 e. The molecule has 0 radical (unpaired) electrons. The van der Waals surface area contributed by atoms with Gasteiger partial charge in [0.2, 0.25) is 0 Å². The molecule has 1 amide bonds. The predicted molar refractivity (Wildman–Crippen MR) is 65.3 cm³/mol. The van der Waals surface area contributed by atoms with Gasteiger partial charge in [-0.1, -0.05) is 13.8 Å². The van der Waals surface area contributed by atoms with Crippen molar-refractivity contribution in [1.82, 2.24) is 15.3 Å². The van der Waals surface area contributed by atoms with E-state index in [1.807, 2.05) is 0 Å². The summed E-state index contributed by atoms with van der Waals surface area (Å²) in [7, 11) is 0. The van der Waals surface area contributed by atoms with Gasteiger partial charge in [-0.2, -0.15) is 0 Å². The van der Waals surface area contributed by atoms with Gasteiger partial charge < -0.3 is 11.1 Å². The number of amides is 1. The molecule has 92 valence electrons. The van der Waals surface area contributed by atoms with Gasteiger partial charge in [-0.15, -0.1) is 0 Å². The maximum Gasteiger partial charge on any atom is 0.271 e. The van der Waals surface area contributed by atoms with E-state index in [1.54, 1.807) is 0 Å². The molecule has 1 aliphatic carbocycles. The Labute approximate surface area is 101 Å². The third-order valence-corrected chi connectivity index (χ3v) is 3.67. The summed E-state index contributed by atoms with van der Waals surface area (Å²) in [4.78, 5) is 19.8. The van der Waals surface area contributed by atoms with Crippen molar-refractivity contribution in [1.29, 1.82) is 0 Å². The number of nitrogens with one attached hydrogen (secondary N) is 1. The van der Waals surface area contributed by atoms with Gasteiger partial charge in [0, 0.05) is 6.04 Å². The van der Waals surface area contributed by atoms with Gasteiger partial charge in [-0.05, 0) is 24.7 Å². The third kappa shape index (κ3) is 2.54. The largest absolute Gasteiger partial charge is 0.382 e. The Kier molecular flexibility index (Phi) is 3.26. The Morgan fingerprint density at radius 1 is 1.41 bits per heavy atom. The van der Waals surface area contributed by atoms with E-state index < -0.39 is 0 Å². The SMILES string of the molecule is CC1CCC(NC(=O)c2cncc(N)n2)C1C. The lowest BCUT2D eigenvalue weighted by molar-refractivity contribution is 0.0922. The van der Waals surface area contributed by atoms with Crippen LogP contribution >= 0.6 is 0 Å². The molecular weight excluding hydrogens is 216 g/mol. The molecule has 1 aliphatic rings. The molecule has 5 nitrogen and oxygen atoms in total. The number of hydrogen-bond acceptors (Lipinski definition) is 4. The Morgan fingerprint density at radius 3 is 2.76 bits per heavy atom. The van der Waals surface area contributed by atoms with Crippen molar-refractivity contribution in [2.45, 2.75) is 32.7 Å². The molecule has 3 N–H and O–H groups in total. The van der Waals surface area contributed by atoms with Crippen LogP contribution in [-0.2, 0) is 0 Å². The highest BCUT2D eigenvalue weighted by Crippen LogP contribution is 2.31. The molecule has 17 heavy (non-hydrogen) atoms. The fourth-order valence-corrected chi connectivity index (χ4v) is 2.30. The molecule has 2 rings (SSSR count). The Hall–Kier alpha value is -1.65. The van der Waals surface area contributed by atoms with Crippen molar-refractivity contribution in [3.8, 4) is 0 Å². The summed E-state index contributed by atoms with van der Waals surface area (Å²) in [6.45, 7) is 4.39. The molecule has 0 saturated heterocycles. The zero-order valence-corrected chi connectivity index (χ0v) is 10.2. The molecule has 1 saturated carbocycles. The minimum absolute atomic E-state index is 0.184. The van der Waals surface area contributed by atoms with Crippen molar-refractivity contribution in [2.24, 2.45) is 11.8 Å². The van der Waals surface area contributed by atoms with Crippen LogP contribution in [0.1, 0.15) is 37.2 Å². The average molecular weight is 234 g/mol. The summed E-state index contributed by atoms with van der Waals surface area (Å²) >= 11 is 0. The van der Waals surface area contributed by atoms with Crippen molar-refractivity contribution < 1.29 is 4.79 Å². The predicted octanol–water partition coefficient (Wildman–Crippen LogP) is 1.22. The van der Waals surface area contributed by atoms with Gasteiger partial charge in [0.15, 0.2) is 0 Å². The number of nitrogens with zero attached hydrogens (tertiary/aromatic N) is 2. The van der Waals surface area contributed by atoms with E-state index in [0.717, 1.165) is 12.8 Å². The highest BCUT2D eigenvalue weighted by molar-refractivity contribution is 5.92. The van der Waals surface area contributed by atoms with Gasteiger partial charge in [0.25, 0.3) is 5.91 Å². The molecule has 0 spiro atoms. The molecule has 1 fully saturated rings. The second-order valence-electron chi connectivity index (χ2n) is 4.82. The van der Waals surface area contributed by atoms with Crippen LogP contribution in [0, 0.1) is 11.8 Å². The molecule has 1 aromatic rings. The molecule has 3 unspecified atom stereocenters. The Bertz CT molecular complexity index is 421. The van der Waals surface area contributed by atoms with E-state index in [-0.39, 0.29) is 23.5 Å². The van der Waals surface area contributed by atoms with E-state index in [4.69, 9.17) is 5.73 Å². The molecule has 0 aromatic carbocycles. The van der Waals surface area contributed by atoms with Crippen LogP contribution in [0.5, 0.6) is 0 Å². The minimum Gasteiger partial charge on any atom is -0.382 e. The molecular formula is C12H18N4O. The summed E-state index contributed by atoms with van der Waals surface area (Å²) in [5.74, 6) is 1.25. The summed E-state index contributed by atoms with van der Waals surface area (Å²) in [5, 5.41) is 3.01. The summed E-state index contributed by atoms with van der Waals surface area (Å²) in [6, 6.07) is 0.237. The van der Waals surface area contributed by atoms with Crippen LogP contribution in [0.15, 0.2) is 12.4 Å². The van der Waals surface area contributed by atoms with Crippen LogP contribution in [0.2, 0.25) is 0 Å². The standard InChI is InChI=1S/C12H18N4O/c1-7-3-4-9(8(7)2)16-12(17)10-5-14-6-11(13)15-10/h5-9H,3-4H2,1-2H3,(H2,13,15)(H,16,17). The van der Waals surface area contributed by atoms with Crippen molar-refractivity contribution in [2.75, 3.05) is 5.73 Å². The number of rotatable bonds is 2. The lowest BCUT2D eigenvalue weighted by Crippen LogP contribution is -2.37. The quantitative estimate of drug-likeness (QED) is 0.806. The number of carbonyl (C=O) groups is 1. The second kappa shape index (κ2) is 4.69. The number of hydrogen-bond donors (Lipinski definition) is 2. The topological polar surface area (TPSA) is 80.9 Å². The number of aromatic nitrogens is 2. The Balaban J connectivity index is 2.02. The number of nitrogen functional groups attached to an aromatic ring is 1. The normalized spacial score (nSPS) is 28.0. The van der Waals surface area contributed by atoms with Crippen molar-refractivity contribution in [3.63, 3.8) is 0 Å². The van der Waals surface area contributed by atoms with E-state index in [2.05, 4.69) is 29.1 Å². The van der Waals surface area contributed by atoms with Gasteiger partial charge in [0.1, 0.15) is 11.5 Å². The lowest BCUT2D eigenvalue weighted by atomic mass is 9.98. The van der Waals surface area contributed by atoms with Crippen LogP contribution in [0.4, 0.5) is 5.82 Å². The molecule has 0 bridgehead atoms. The first-order valence-electron chi connectivity index (χ1n) is 5.96. The molecule has 1 heterocycles. The maximum atomic E-state index is 11.9. The molecule has 5 heteroatoms. The van der Waals surface area contributed by atoms with E-state index in [0.29, 0.717) is 11.8 Å². The minimum atomic E-state index is -0.184. The van der Waals surface area contributed by atoms with Gasteiger partial charge in [-0.3, -0.25) is 9.78 Å². The molecule has 0 aliphatic heterocycles. The summed E-state index contributed by atoms with van der Waals surface area (Å²) < 4.78 is 0. The van der Waals surface area contributed by atoms with Crippen LogP contribution < -0.4 is 11.1 Å². The number of carbonyl (C=O) groups excluding carboxylic acids is 1. The van der Waals surface area contributed by atoms with Gasteiger partial charge >= 0.3 is 0 Å². The first-order valence-corrected chi connectivity index (χ1v) is 5.96. The average Bonchev–Trinajstić information content (AvgIpc) is 2.61.